The Morgan fingerprint density at radius 2 is 2.12 bits per heavy atom. The fraction of sp³-hybridized carbons (Fsp3) is 0.611. The average molecular weight is 331 g/mol. The third-order valence-corrected chi connectivity index (χ3v) is 5.57. The standard InChI is InChI=1S/C18H25N3O3/c1-13-4-6-19-8-16(13)17(23)20-7-5-18(12-24-3)11-21(14(2)22)10-15(18)9-20/h4,6,8,15H,5,7,9-12H2,1-3H3. The summed E-state index contributed by atoms with van der Waals surface area (Å²) in [7, 11) is 1.71. The number of hydrogen-bond donors (Lipinski definition) is 0. The van der Waals surface area contributed by atoms with Crippen LogP contribution in [-0.2, 0) is 9.53 Å². The third kappa shape index (κ3) is 2.90. The van der Waals surface area contributed by atoms with Gasteiger partial charge < -0.3 is 14.5 Å². The van der Waals surface area contributed by atoms with Crippen LogP contribution in [0.1, 0.15) is 29.3 Å². The van der Waals surface area contributed by atoms with Gasteiger partial charge in [0.15, 0.2) is 0 Å². The first-order valence-electron chi connectivity index (χ1n) is 8.41. The maximum atomic E-state index is 12.9. The molecule has 130 valence electrons. The van der Waals surface area contributed by atoms with Crippen molar-refractivity contribution >= 4 is 11.8 Å². The quantitative estimate of drug-likeness (QED) is 0.839. The smallest absolute Gasteiger partial charge is 0.255 e. The summed E-state index contributed by atoms with van der Waals surface area (Å²) in [6.45, 7) is 6.97. The number of hydrogen-bond acceptors (Lipinski definition) is 4. The maximum Gasteiger partial charge on any atom is 0.255 e. The largest absolute Gasteiger partial charge is 0.384 e. The Balaban J connectivity index is 1.79. The van der Waals surface area contributed by atoms with Crippen LogP contribution in [-0.4, -0.2) is 66.5 Å². The second-order valence-corrected chi connectivity index (χ2v) is 7.08. The van der Waals surface area contributed by atoms with E-state index in [0.717, 1.165) is 18.5 Å². The number of amides is 2. The van der Waals surface area contributed by atoms with E-state index in [1.54, 1.807) is 26.4 Å². The van der Waals surface area contributed by atoms with Gasteiger partial charge in [0.05, 0.1) is 12.2 Å². The SMILES string of the molecule is COCC12CCN(C(=O)c3cnccc3C)CC1CN(C(C)=O)C2. The molecule has 0 aromatic carbocycles. The molecule has 0 spiro atoms. The van der Waals surface area contributed by atoms with Crippen LogP contribution in [0.2, 0.25) is 0 Å². The predicted octanol–water partition coefficient (Wildman–Crippen LogP) is 1.35. The van der Waals surface area contributed by atoms with E-state index in [0.29, 0.717) is 31.8 Å². The zero-order valence-corrected chi connectivity index (χ0v) is 14.6. The van der Waals surface area contributed by atoms with Gasteiger partial charge in [-0.2, -0.15) is 0 Å². The molecular weight excluding hydrogens is 306 g/mol. The number of aryl methyl sites for hydroxylation is 1. The molecule has 1 aromatic rings. The molecule has 3 heterocycles. The highest BCUT2D eigenvalue weighted by Gasteiger charge is 2.50. The topological polar surface area (TPSA) is 62.7 Å². The van der Waals surface area contributed by atoms with Gasteiger partial charge in [0.25, 0.3) is 5.91 Å². The Labute approximate surface area is 142 Å². The van der Waals surface area contributed by atoms with Crippen LogP contribution in [0.5, 0.6) is 0 Å². The van der Waals surface area contributed by atoms with Crippen LogP contribution in [0.15, 0.2) is 18.5 Å². The molecule has 2 unspecified atom stereocenters. The Morgan fingerprint density at radius 3 is 2.79 bits per heavy atom. The van der Waals surface area contributed by atoms with E-state index in [2.05, 4.69) is 4.98 Å². The van der Waals surface area contributed by atoms with Gasteiger partial charge in [0.1, 0.15) is 0 Å². The summed E-state index contributed by atoms with van der Waals surface area (Å²) in [5.74, 6) is 0.393. The summed E-state index contributed by atoms with van der Waals surface area (Å²) in [5.41, 5.74) is 1.58. The van der Waals surface area contributed by atoms with Crippen molar-refractivity contribution in [1.29, 1.82) is 0 Å². The zero-order chi connectivity index (χ0) is 17.3. The van der Waals surface area contributed by atoms with E-state index < -0.39 is 0 Å². The first-order chi connectivity index (χ1) is 11.5. The van der Waals surface area contributed by atoms with Crippen LogP contribution in [0, 0.1) is 18.3 Å². The van der Waals surface area contributed by atoms with E-state index in [1.165, 1.54) is 0 Å². The average Bonchev–Trinajstić information content (AvgIpc) is 2.94. The van der Waals surface area contributed by atoms with Gasteiger partial charge in [-0.05, 0) is 25.0 Å². The van der Waals surface area contributed by atoms with Crippen LogP contribution < -0.4 is 0 Å². The lowest BCUT2D eigenvalue weighted by Gasteiger charge is -2.43. The van der Waals surface area contributed by atoms with Crippen molar-refractivity contribution in [3.63, 3.8) is 0 Å². The fourth-order valence-electron chi connectivity index (χ4n) is 4.09. The minimum absolute atomic E-state index is 0.0266. The number of aromatic nitrogens is 1. The Bertz CT molecular complexity index is 648. The minimum atomic E-state index is -0.0266. The molecule has 0 bridgehead atoms. The summed E-state index contributed by atoms with van der Waals surface area (Å²) in [5, 5.41) is 0. The molecular formula is C18H25N3O3. The first kappa shape index (κ1) is 16.9. The van der Waals surface area contributed by atoms with E-state index in [-0.39, 0.29) is 23.1 Å². The van der Waals surface area contributed by atoms with E-state index in [1.807, 2.05) is 22.8 Å². The van der Waals surface area contributed by atoms with Gasteiger partial charge >= 0.3 is 0 Å². The van der Waals surface area contributed by atoms with Crippen LogP contribution in [0.25, 0.3) is 0 Å². The molecule has 6 nitrogen and oxygen atoms in total. The van der Waals surface area contributed by atoms with Crippen LogP contribution in [0.3, 0.4) is 0 Å². The summed E-state index contributed by atoms with van der Waals surface area (Å²) in [6.07, 6.45) is 4.21. The summed E-state index contributed by atoms with van der Waals surface area (Å²) < 4.78 is 5.46. The molecule has 2 atom stereocenters. The molecule has 2 aliphatic rings. The highest BCUT2D eigenvalue weighted by Crippen LogP contribution is 2.43. The Kier molecular flexibility index (Phi) is 4.58. The molecule has 2 saturated heterocycles. The maximum absolute atomic E-state index is 12.9. The molecule has 1 aromatic heterocycles. The normalized spacial score (nSPS) is 26.4. The summed E-state index contributed by atoms with van der Waals surface area (Å²) in [4.78, 5) is 32.6. The monoisotopic (exact) mass is 331 g/mol. The lowest BCUT2D eigenvalue weighted by molar-refractivity contribution is -0.128. The van der Waals surface area contributed by atoms with E-state index >= 15 is 0 Å². The van der Waals surface area contributed by atoms with Gasteiger partial charge in [-0.1, -0.05) is 0 Å². The van der Waals surface area contributed by atoms with E-state index in [4.69, 9.17) is 4.74 Å². The number of pyridine rings is 1. The number of fused-ring (bicyclic) bond motifs is 1. The number of rotatable bonds is 3. The lowest BCUT2D eigenvalue weighted by atomic mass is 9.73. The summed E-state index contributed by atoms with van der Waals surface area (Å²) >= 11 is 0. The molecule has 2 amide bonds. The molecule has 0 N–H and O–H groups in total. The molecule has 0 aliphatic carbocycles. The van der Waals surface area contributed by atoms with Crippen molar-refractivity contribution in [1.82, 2.24) is 14.8 Å². The minimum Gasteiger partial charge on any atom is -0.384 e. The molecule has 6 heteroatoms. The van der Waals surface area contributed by atoms with Gasteiger partial charge in [0.2, 0.25) is 5.91 Å². The lowest BCUT2D eigenvalue weighted by Crippen LogP contribution is -2.51. The number of likely N-dealkylation sites (tertiary alicyclic amines) is 2. The molecule has 2 aliphatic heterocycles. The zero-order valence-electron chi connectivity index (χ0n) is 14.6. The van der Waals surface area contributed by atoms with Crippen molar-refractivity contribution in [2.24, 2.45) is 11.3 Å². The number of piperidine rings is 1. The van der Waals surface area contributed by atoms with Crippen molar-refractivity contribution in [3.05, 3.63) is 29.6 Å². The Morgan fingerprint density at radius 1 is 1.38 bits per heavy atom. The molecule has 0 saturated carbocycles. The number of ether oxygens (including phenoxy) is 1. The van der Waals surface area contributed by atoms with Crippen molar-refractivity contribution < 1.29 is 14.3 Å². The predicted molar refractivity (Wildman–Crippen MR) is 89.5 cm³/mol. The van der Waals surface area contributed by atoms with Crippen molar-refractivity contribution in [2.75, 3.05) is 39.9 Å². The number of carbonyl (C=O) groups is 2. The number of carbonyl (C=O) groups excluding carboxylic acids is 2. The van der Waals surface area contributed by atoms with Crippen LogP contribution in [0.4, 0.5) is 0 Å². The fourth-order valence-corrected chi connectivity index (χ4v) is 4.09. The highest BCUT2D eigenvalue weighted by atomic mass is 16.5. The van der Waals surface area contributed by atoms with Gasteiger partial charge in [-0.3, -0.25) is 14.6 Å². The molecule has 0 radical (unpaired) electrons. The second-order valence-electron chi connectivity index (χ2n) is 7.08. The molecule has 2 fully saturated rings. The van der Waals surface area contributed by atoms with Gasteiger partial charge in [0, 0.05) is 63.9 Å². The van der Waals surface area contributed by atoms with E-state index in [9.17, 15) is 9.59 Å². The number of nitrogens with zero attached hydrogens (tertiary/aromatic N) is 3. The van der Waals surface area contributed by atoms with Crippen molar-refractivity contribution in [2.45, 2.75) is 20.3 Å². The van der Waals surface area contributed by atoms with Crippen molar-refractivity contribution in [3.8, 4) is 0 Å². The van der Waals surface area contributed by atoms with Gasteiger partial charge in [-0.15, -0.1) is 0 Å². The number of methoxy groups -OCH3 is 1. The second kappa shape index (κ2) is 6.51. The first-order valence-corrected chi connectivity index (χ1v) is 8.41. The third-order valence-electron chi connectivity index (χ3n) is 5.57. The molecule has 24 heavy (non-hydrogen) atoms. The highest BCUT2D eigenvalue weighted by molar-refractivity contribution is 5.95. The molecule has 3 rings (SSSR count). The van der Waals surface area contributed by atoms with Gasteiger partial charge in [-0.25, -0.2) is 0 Å². The Hall–Kier alpha value is -1.95. The summed E-state index contributed by atoms with van der Waals surface area (Å²) in [6, 6.07) is 1.86. The van der Waals surface area contributed by atoms with Crippen LogP contribution >= 0.6 is 0 Å².